The number of ether oxygens (including phenoxy) is 2. The molecule has 0 amide bonds. The molecule has 0 bridgehead atoms. The average Bonchev–Trinajstić information content (AvgIpc) is 2.81. The number of hydrogen-bond acceptors (Lipinski definition) is 4. The predicted octanol–water partition coefficient (Wildman–Crippen LogP) is 2.81. The number of rotatable bonds is 5. The molecule has 0 saturated carbocycles. The molecule has 1 N–H and O–H groups in total. The van der Waals surface area contributed by atoms with Gasteiger partial charge in [0.2, 0.25) is 0 Å². The summed E-state index contributed by atoms with van der Waals surface area (Å²) >= 11 is 1.30. The van der Waals surface area contributed by atoms with Crippen LogP contribution in [0.2, 0.25) is 0 Å². The number of hydrogen-bond donors (Lipinski definition) is 1. The van der Waals surface area contributed by atoms with Crippen molar-refractivity contribution in [1.82, 2.24) is 0 Å². The summed E-state index contributed by atoms with van der Waals surface area (Å²) in [5.41, 5.74) is 0. The number of carboxylic acid groups (broad SMARTS) is 1. The van der Waals surface area contributed by atoms with Gasteiger partial charge in [-0.05, 0) is 31.2 Å². The quantitative estimate of drug-likeness (QED) is 0.894. The summed E-state index contributed by atoms with van der Waals surface area (Å²) < 4.78 is 11.0. The van der Waals surface area contributed by atoms with Gasteiger partial charge in [0.1, 0.15) is 5.75 Å². The monoisotopic (exact) mass is 270 g/mol. The molecule has 5 heteroatoms. The van der Waals surface area contributed by atoms with Crippen LogP contribution in [0.3, 0.4) is 0 Å². The van der Waals surface area contributed by atoms with E-state index in [0.717, 1.165) is 37.4 Å². The highest BCUT2D eigenvalue weighted by atomic mass is 32.1. The minimum Gasteiger partial charge on any atom is -0.491 e. The number of thiophene rings is 1. The molecule has 0 spiro atoms. The SMILES string of the molecule is CCc1cc(OCC2CCOCC2)c(C(=O)O)s1. The van der Waals surface area contributed by atoms with Gasteiger partial charge >= 0.3 is 5.97 Å². The van der Waals surface area contributed by atoms with Crippen molar-refractivity contribution >= 4 is 17.3 Å². The lowest BCUT2D eigenvalue weighted by atomic mass is 10.0. The zero-order chi connectivity index (χ0) is 13.0. The van der Waals surface area contributed by atoms with Crippen LogP contribution < -0.4 is 4.74 Å². The van der Waals surface area contributed by atoms with Gasteiger partial charge < -0.3 is 14.6 Å². The van der Waals surface area contributed by atoms with Crippen molar-refractivity contribution < 1.29 is 19.4 Å². The lowest BCUT2D eigenvalue weighted by Gasteiger charge is -2.21. The Kier molecular flexibility index (Phi) is 4.60. The maximum Gasteiger partial charge on any atom is 0.349 e. The Hall–Kier alpha value is -1.07. The van der Waals surface area contributed by atoms with E-state index >= 15 is 0 Å². The highest BCUT2D eigenvalue weighted by molar-refractivity contribution is 7.14. The molecule has 2 heterocycles. The van der Waals surface area contributed by atoms with E-state index < -0.39 is 5.97 Å². The topological polar surface area (TPSA) is 55.8 Å². The van der Waals surface area contributed by atoms with E-state index in [9.17, 15) is 4.79 Å². The smallest absolute Gasteiger partial charge is 0.349 e. The van der Waals surface area contributed by atoms with Crippen LogP contribution in [0, 0.1) is 5.92 Å². The Morgan fingerprint density at radius 1 is 1.56 bits per heavy atom. The van der Waals surface area contributed by atoms with E-state index in [2.05, 4.69) is 0 Å². The summed E-state index contributed by atoms with van der Waals surface area (Å²) in [6.07, 6.45) is 2.83. The first-order valence-electron chi connectivity index (χ1n) is 6.27. The summed E-state index contributed by atoms with van der Waals surface area (Å²) in [5.74, 6) is 0.0999. The van der Waals surface area contributed by atoms with Crippen molar-refractivity contribution in [3.8, 4) is 5.75 Å². The van der Waals surface area contributed by atoms with Crippen LogP contribution in [0.5, 0.6) is 5.75 Å². The molecule has 1 saturated heterocycles. The maximum atomic E-state index is 11.1. The Morgan fingerprint density at radius 2 is 2.28 bits per heavy atom. The fraction of sp³-hybridized carbons (Fsp3) is 0.615. The lowest BCUT2D eigenvalue weighted by Crippen LogP contribution is -2.21. The second-order valence-corrected chi connectivity index (χ2v) is 5.57. The van der Waals surface area contributed by atoms with Gasteiger partial charge in [-0.25, -0.2) is 4.79 Å². The van der Waals surface area contributed by atoms with E-state index in [1.165, 1.54) is 11.3 Å². The van der Waals surface area contributed by atoms with Gasteiger partial charge in [0.05, 0.1) is 6.61 Å². The minimum absolute atomic E-state index is 0.318. The highest BCUT2D eigenvalue weighted by Crippen LogP contribution is 2.30. The van der Waals surface area contributed by atoms with Crippen LogP contribution in [-0.2, 0) is 11.2 Å². The molecule has 1 fully saturated rings. The fourth-order valence-corrected chi connectivity index (χ4v) is 2.85. The molecule has 0 aliphatic carbocycles. The van der Waals surface area contributed by atoms with Gasteiger partial charge in [-0.3, -0.25) is 0 Å². The Bertz CT molecular complexity index is 407. The summed E-state index contributed by atoms with van der Waals surface area (Å²) in [6, 6.07) is 1.85. The van der Waals surface area contributed by atoms with E-state index in [0.29, 0.717) is 23.2 Å². The zero-order valence-electron chi connectivity index (χ0n) is 10.5. The fourth-order valence-electron chi connectivity index (χ4n) is 1.97. The van der Waals surface area contributed by atoms with Gasteiger partial charge in [-0.1, -0.05) is 6.92 Å². The molecule has 100 valence electrons. The van der Waals surface area contributed by atoms with Crippen molar-refractivity contribution in [2.24, 2.45) is 5.92 Å². The summed E-state index contributed by atoms with van der Waals surface area (Å²) in [4.78, 5) is 12.5. The molecule has 2 rings (SSSR count). The standard InChI is InChI=1S/C13H18O4S/c1-2-10-7-11(12(18-10)13(14)15)17-8-9-3-5-16-6-4-9/h7,9H,2-6,8H2,1H3,(H,14,15). The van der Waals surface area contributed by atoms with Gasteiger partial charge in [0, 0.05) is 18.1 Å². The molecule has 1 aromatic heterocycles. The van der Waals surface area contributed by atoms with E-state index in [-0.39, 0.29) is 0 Å². The molecule has 0 unspecified atom stereocenters. The molecule has 18 heavy (non-hydrogen) atoms. The van der Waals surface area contributed by atoms with E-state index in [4.69, 9.17) is 14.6 Å². The summed E-state index contributed by atoms with van der Waals surface area (Å²) in [5, 5.41) is 9.12. The van der Waals surface area contributed by atoms with Crippen LogP contribution in [0.1, 0.15) is 34.3 Å². The van der Waals surface area contributed by atoms with E-state index in [1.807, 2.05) is 13.0 Å². The number of carboxylic acids is 1. The molecule has 0 atom stereocenters. The molecule has 1 aromatic rings. The Morgan fingerprint density at radius 3 is 2.89 bits per heavy atom. The average molecular weight is 270 g/mol. The molecule has 0 radical (unpaired) electrons. The summed E-state index contributed by atoms with van der Waals surface area (Å²) in [7, 11) is 0. The molecule has 4 nitrogen and oxygen atoms in total. The normalized spacial score (nSPS) is 16.7. The minimum atomic E-state index is -0.901. The first-order chi connectivity index (χ1) is 8.70. The third-order valence-electron chi connectivity index (χ3n) is 3.11. The Balaban J connectivity index is 1.98. The molecule has 1 aliphatic rings. The van der Waals surface area contributed by atoms with Crippen LogP contribution in [-0.4, -0.2) is 30.9 Å². The van der Waals surface area contributed by atoms with Crippen LogP contribution in [0.25, 0.3) is 0 Å². The van der Waals surface area contributed by atoms with Crippen molar-refractivity contribution in [3.63, 3.8) is 0 Å². The van der Waals surface area contributed by atoms with Crippen LogP contribution >= 0.6 is 11.3 Å². The maximum absolute atomic E-state index is 11.1. The first-order valence-corrected chi connectivity index (χ1v) is 7.09. The molecule has 1 aliphatic heterocycles. The van der Waals surface area contributed by atoms with Gasteiger partial charge in [-0.15, -0.1) is 11.3 Å². The Labute approximate surface area is 111 Å². The molecule has 0 aromatic carbocycles. The number of aromatic carboxylic acids is 1. The zero-order valence-corrected chi connectivity index (χ0v) is 11.3. The van der Waals surface area contributed by atoms with Crippen LogP contribution in [0.15, 0.2) is 6.07 Å². The second kappa shape index (κ2) is 6.20. The summed E-state index contributed by atoms with van der Waals surface area (Å²) in [6.45, 7) is 4.16. The van der Waals surface area contributed by atoms with Crippen molar-refractivity contribution in [1.29, 1.82) is 0 Å². The van der Waals surface area contributed by atoms with Gasteiger partial charge in [-0.2, -0.15) is 0 Å². The molecular weight excluding hydrogens is 252 g/mol. The third-order valence-corrected chi connectivity index (χ3v) is 4.36. The first kappa shape index (κ1) is 13.4. The van der Waals surface area contributed by atoms with Gasteiger partial charge in [0.15, 0.2) is 4.88 Å². The third kappa shape index (κ3) is 3.23. The highest BCUT2D eigenvalue weighted by Gasteiger charge is 2.19. The van der Waals surface area contributed by atoms with E-state index in [1.54, 1.807) is 0 Å². The second-order valence-electron chi connectivity index (χ2n) is 4.43. The van der Waals surface area contributed by atoms with Gasteiger partial charge in [0.25, 0.3) is 0 Å². The lowest BCUT2D eigenvalue weighted by molar-refractivity contribution is 0.0491. The number of aryl methyl sites for hydroxylation is 1. The van der Waals surface area contributed by atoms with Crippen molar-refractivity contribution in [2.45, 2.75) is 26.2 Å². The largest absolute Gasteiger partial charge is 0.491 e. The predicted molar refractivity (Wildman–Crippen MR) is 69.7 cm³/mol. The molecular formula is C13H18O4S. The van der Waals surface area contributed by atoms with Crippen LogP contribution in [0.4, 0.5) is 0 Å². The van der Waals surface area contributed by atoms with Crippen molar-refractivity contribution in [3.05, 3.63) is 15.8 Å². The number of carbonyl (C=O) groups is 1. The van der Waals surface area contributed by atoms with Crippen molar-refractivity contribution in [2.75, 3.05) is 19.8 Å².